The molecule has 2 aromatic carbocycles. The molecule has 1 aromatic heterocycles. The molecule has 0 bridgehead atoms. The number of ether oxygens (including phenoxy) is 1. The van der Waals surface area contributed by atoms with E-state index in [1.54, 1.807) is 18.2 Å². The van der Waals surface area contributed by atoms with Gasteiger partial charge in [-0.1, -0.05) is 41.9 Å². The molecular weight excluding hydrogens is 441 g/mol. The molecule has 0 aliphatic carbocycles. The lowest BCUT2D eigenvalue weighted by atomic mass is 9.93. The Hall–Kier alpha value is -2.96. The highest BCUT2D eigenvalue weighted by Crippen LogP contribution is 2.31. The number of hydrogen-bond acceptors (Lipinski definition) is 4. The second-order valence-electron chi connectivity index (χ2n) is 8.07. The molecule has 0 radical (unpaired) electrons. The molecule has 1 aliphatic rings. The van der Waals surface area contributed by atoms with E-state index in [0.717, 1.165) is 37.2 Å². The van der Waals surface area contributed by atoms with Crippen molar-refractivity contribution in [2.24, 2.45) is 5.92 Å². The van der Waals surface area contributed by atoms with Crippen LogP contribution in [0, 0.1) is 11.7 Å². The van der Waals surface area contributed by atoms with Crippen molar-refractivity contribution in [3.63, 3.8) is 0 Å². The minimum absolute atomic E-state index is 0.0548. The predicted octanol–water partition coefficient (Wildman–Crippen LogP) is 4.87. The van der Waals surface area contributed by atoms with Crippen molar-refractivity contribution in [2.75, 3.05) is 26.2 Å². The van der Waals surface area contributed by atoms with Crippen LogP contribution < -0.4 is 10.1 Å². The number of amides is 1. The minimum Gasteiger partial charge on any atom is -0.492 e. The summed E-state index contributed by atoms with van der Waals surface area (Å²) in [6, 6.07) is 19.4. The lowest BCUT2D eigenvalue weighted by molar-refractivity contribution is -0.138. The van der Waals surface area contributed by atoms with Crippen molar-refractivity contribution in [2.45, 2.75) is 18.9 Å². The quantitative estimate of drug-likeness (QED) is 0.513. The van der Waals surface area contributed by atoms with E-state index in [9.17, 15) is 9.18 Å². The second-order valence-corrected chi connectivity index (χ2v) is 8.51. The first-order chi connectivity index (χ1) is 16.1. The number of carbonyl (C=O) groups excluding carboxylic acids is 1. The van der Waals surface area contributed by atoms with Crippen LogP contribution >= 0.6 is 11.6 Å². The molecule has 2 heterocycles. The summed E-state index contributed by atoms with van der Waals surface area (Å²) in [7, 11) is 0. The Bertz CT molecular complexity index is 980. The Morgan fingerprint density at radius 3 is 2.48 bits per heavy atom. The van der Waals surface area contributed by atoms with E-state index in [2.05, 4.69) is 10.3 Å². The van der Waals surface area contributed by atoms with Crippen LogP contribution in [0.2, 0.25) is 5.02 Å². The molecule has 1 saturated heterocycles. The number of aromatic nitrogens is 1. The van der Waals surface area contributed by atoms with Gasteiger partial charge in [0.1, 0.15) is 18.2 Å². The summed E-state index contributed by atoms with van der Waals surface area (Å²) in [5.74, 6) is 0.296. The fraction of sp³-hybridized carbons (Fsp3) is 0.308. The first-order valence-corrected chi connectivity index (χ1v) is 11.6. The molecule has 33 heavy (non-hydrogen) atoms. The number of nitrogens with zero attached hydrogens (tertiary/aromatic N) is 2. The van der Waals surface area contributed by atoms with Crippen molar-refractivity contribution in [1.29, 1.82) is 0 Å². The number of piperidine rings is 1. The van der Waals surface area contributed by atoms with Crippen LogP contribution in [0.1, 0.15) is 30.1 Å². The molecule has 0 spiro atoms. The Morgan fingerprint density at radius 1 is 1.09 bits per heavy atom. The molecule has 0 saturated carbocycles. The Labute approximate surface area is 198 Å². The number of nitrogens with one attached hydrogen (secondary N) is 1. The normalized spacial score (nSPS) is 15.1. The number of pyridine rings is 1. The average molecular weight is 468 g/mol. The molecular formula is C26H27ClFN3O2. The average Bonchev–Trinajstić information content (AvgIpc) is 2.86. The Morgan fingerprint density at radius 2 is 1.82 bits per heavy atom. The smallest absolute Gasteiger partial charge is 0.226 e. The zero-order valence-electron chi connectivity index (χ0n) is 18.3. The monoisotopic (exact) mass is 467 g/mol. The number of halogens is 2. The van der Waals surface area contributed by atoms with Gasteiger partial charge in [-0.2, -0.15) is 0 Å². The summed E-state index contributed by atoms with van der Waals surface area (Å²) in [6.07, 6.45) is 2.74. The third-order valence-corrected chi connectivity index (χ3v) is 6.10. The summed E-state index contributed by atoms with van der Waals surface area (Å²) < 4.78 is 19.6. The van der Waals surface area contributed by atoms with E-state index in [1.165, 1.54) is 12.3 Å². The van der Waals surface area contributed by atoms with Crippen molar-refractivity contribution in [3.05, 3.63) is 95.0 Å². The van der Waals surface area contributed by atoms with Gasteiger partial charge in [0.15, 0.2) is 0 Å². The number of benzene rings is 2. The summed E-state index contributed by atoms with van der Waals surface area (Å²) >= 11 is 6.13. The zero-order valence-corrected chi connectivity index (χ0v) is 19.0. The summed E-state index contributed by atoms with van der Waals surface area (Å²) in [4.78, 5) is 19.9. The fourth-order valence-corrected chi connectivity index (χ4v) is 4.28. The van der Waals surface area contributed by atoms with Crippen LogP contribution in [0.3, 0.4) is 0 Å². The molecule has 1 fully saturated rings. The standard InChI is InChI=1S/C26H27ClFN3O2/c27-21-8-6-19(7-9-21)25(24-11-10-22(28)18-30-24)31(26(32)20-12-14-29-15-13-20)16-17-33-23-4-2-1-3-5-23/h1-11,18,20,25,29H,12-17H2. The maximum absolute atomic E-state index is 13.8. The molecule has 3 aromatic rings. The van der Waals surface area contributed by atoms with Gasteiger partial charge in [0.2, 0.25) is 5.91 Å². The van der Waals surface area contributed by atoms with Gasteiger partial charge in [0.25, 0.3) is 0 Å². The molecule has 1 atom stereocenters. The second kappa shape index (κ2) is 11.3. The molecule has 5 nitrogen and oxygen atoms in total. The Balaban J connectivity index is 1.66. The molecule has 1 N–H and O–H groups in total. The highest BCUT2D eigenvalue weighted by Gasteiger charge is 2.33. The fourth-order valence-electron chi connectivity index (χ4n) is 4.15. The van der Waals surface area contributed by atoms with Gasteiger partial charge in [-0.15, -0.1) is 0 Å². The van der Waals surface area contributed by atoms with Crippen LogP contribution in [-0.2, 0) is 4.79 Å². The van der Waals surface area contributed by atoms with Gasteiger partial charge in [-0.05, 0) is 67.9 Å². The predicted molar refractivity (Wildman–Crippen MR) is 127 cm³/mol. The third-order valence-electron chi connectivity index (χ3n) is 5.84. The highest BCUT2D eigenvalue weighted by molar-refractivity contribution is 6.30. The third kappa shape index (κ3) is 6.09. The van der Waals surface area contributed by atoms with E-state index >= 15 is 0 Å². The maximum atomic E-state index is 13.8. The van der Waals surface area contributed by atoms with Crippen LogP contribution in [0.15, 0.2) is 72.9 Å². The van der Waals surface area contributed by atoms with Crippen LogP contribution in [0.25, 0.3) is 0 Å². The summed E-state index contributed by atoms with van der Waals surface area (Å²) in [5.41, 5.74) is 1.46. The number of carbonyl (C=O) groups is 1. The van der Waals surface area contributed by atoms with E-state index < -0.39 is 11.9 Å². The van der Waals surface area contributed by atoms with Crippen molar-refractivity contribution < 1.29 is 13.9 Å². The van der Waals surface area contributed by atoms with Crippen LogP contribution in [0.5, 0.6) is 5.75 Å². The first kappa shape index (κ1) is 23.2. The van der Waals surface area contributed by atoms with Crippen molar-refractivity contribution >= 4 is 17.5 Å². The molecule has 1 unspecified atom stereocenters. The minimum atomic E-state index is -0.482. The number of para-hydroxylation sites is 1. The Kier molecular flexibility index (Phi) is 7.92. The van der Waals surface area contributed by atoms with Gasteiger partial charge < -0.3 is 15.0 Å². The van der Waals surface area contributed by atoms with Crippen molar-refractivity contribution in [3.8, 4) is 5.75 Å². The van der Waals surface area contributed by atoms with Gasteiger partial charge in [0.05, 0.1) is 24.5 Å². The van der Waals surface area contributed by atoms with Gasteiger partial charge in [0, 0.05) is 10.9 Å². The van der Waals surface area contributed by atoms with Crippen molar-refractivity contribution in [1.82, 2.24) is 15.2 Å². The van der Waals surface area contributed by atoms with E-state index in [0.29, 0.717) is 23.9 Å². The maximum Gasteiger partial charge on any atom is 0.226 e. The van der Waals surface area contributed by atoms with Crippen LogP contribution in [-0.4, -0.2) is 42.0 Å². The molecule has 1 aliphatic heterocycles. The first-order valence-electron chi connectivity index (χ1n) is 11.2. The number of hydrogen-bond donors (Lipinski definition) is 1. The van der Waals surface area contributed by atoms with Gasteiger partial charge >= 0.3 is 0 Å². The lowest BCUT2D eigenvalue weighted by Gasteiger charge is -2.35. The van der Waals surface area contributed by atoms with Gasteiger partial charge in [-0.25, -0.2) is 4.39 Å². The molecule has 1 amide bonds. The van der Waals surface area contributed by atoms with E-state index in [1.807, 2.05) is 47.4 Å². The van der Waals surface area contributed by atoms with Crippen LogP contribution in [0.4, 0.5) is 4.39 Å². The SMILES string of the molecule is O=C(C1CCNCC1)N(CCOc1ccccc1)C(c1ccc(Cl)cc1)c1ccc(F)cn1. The summed E-state index contributed by atoms with van der Waals surface area (Å²) in [6.45, 7) is 2.31. The summed E-state index contributed by atoms with van der Waals surface area (Å²) in [5, 5.41) is 3.92. The topological polar surface area (TPSA) is 54.5 Å². The zero-order chi connectivity index (χ0) is 23.0. The van der Waals surface area contributed by atoms with E-state index in [4.69, 9.17) is 16.3 Å². The molecule has 4 rings (SSSR count). The largest absolute Gasteiger partial charge is 0.492 e. The molecule has 172 valence electrons. The highest BCUT2D eigenvalue weighted by atomic mass is 35.5. The number of rotatable bonds is 8. The molecule has 7 heteroatoms. The lowest BCUT2D eigenvalue weighted by Crippen LogP contribution is -2.45. The van der Waals surface area contributed by atoms with E-state index in [-0.39, 0.29) is 11.8 Å². The van der Waals surface area contributed by atoms with Gasteiger partial charge in [-0.3, -0.25) is 9.78 Å².